The van der Waals surface area contributed by atoms with Crippen LogP contribution in [0.25, 0.3) is 0 Å². The molecule has 3 aromatic rings. The maximum Gasteiger partial charge on any atom is 0.264 e. The highest BCUT2D eigenvalue weighted by Gasteiger charge is 2.33. The van der Waals surface area contributed by atoms with E-state index in [4.69, 9.17) is 11.6 Å². The molecule has 2 atom stereocenters. The maximum atomic E-state index is 14.0. The van der Waals surface area contributed by atoms with E-state index in [2.05, 4.69) is 5.32 Å². The molecule has 0 radical (unpaired) electrons. The van der Waals surface area contributed by atoms with Gasteiger partial charge < -0.3 is 10.2 Å². The van der Waals surface area contributed by atoms with Crippen LogP contribution in [-0.4, -0.2) is 43.8 Å². The van der Waals surface area contributed by atoms with Crippen molar-refractivity contribution >= 4 is 39.1 Å². The Hall–Kier alpha value is -3.36. The molecule has 0 unspecified atom stereocenters. The first-order valence-corrected chi connectivity index (χ1v) is 14.7. The number of carbonyl (C=O) groups is 2. The highest BCUT2D eigenvalue weighted by molar-refractivity contribution is 7.92. The summed E-state index contributed by atoms with van der Waals surface area (Å²) < 4.78 is 28.9. The lowest BCUT2D eigenvalue weighted by atomic mass is 10.1. The van der Waals surface area contributed by atoms with Crippen LogP contribution in [0.4, 0.5) is 5.69 Å². The minimum atomic E-state index is -4.10. The van der Waals surface area contributed by atoms with Gasteiger partial charge in [-0.25, -0.2) is 8.42 Å². The van der Waals surface area contributed by atoms with Crippen molar-refractivity contribution in [1.82, 2.24) is 10.2 Å². The molecule has 3 rings (SSSR count). The number of amides is 2. The zero-order chi connectivity index (χ0) is 28.7. The second kappa shape index (κ2) is 13.1. The lowest BCUT2D eigenvalue weighted by molar-refractivity contribution is -0.139. The number of benzene rings is 3. The summed E-state index contributed by atoms with van der Waals surface area (Å²) in [5.41, 5.74) is 2.86. The fraction of sp³-hybridized carbons (Fsp3) is 0.333. The third-order valence-corrected chi connectivity index (χ3v) is 8.69. The average molecular weight is 570 g/mol. The van der Waals surface area contributed by atoms with Gasteiger partial charge in [0.2, 0.25) is 11.8 Å². The highest BCUT2D eigenvalue weighted by Crippen LogP contribution is 2.28. The highest BCUT2D eigenvalue weighted by atomic mass is 35.5. The van der Waals surface area contributed by atoms with E-state index in [9.17, 15) is 18.0 Å². The third-order valence-electron chi connectivity index (χ3n) is 6.67. The molecule has 0 aliphatic rings. The van der Waals surface area contributed by atoms with E-state index in [1.165, 1.54) is 17.0 Å². The summed E-state index contributed by atoms with van der Waals surface area (Å²) in [4.78, 5) is 28.6. The van der Waals surface area contributed by atoms with Gasteiger partial charge in [-0.15, -0.1) is 0 Å². The summed E-state index contributed by atoms with van der Waals surface area (Å²) in [5.74, 6) is -0.813. The topological polar surface area (TPSA) is 86.8 Å². The molecule has 0 spiro atoms. The molecule has 0 saturated heterocycles. The monoisotopic (exact) mass is 569 g/mol. The van der Waals surface area contributed by atoms with E-state index in [1.807, 2.05) is 39.8 Å². The minimum absolute atomic E-state index is 0.0717. The second-order valence-corrected chi connectivity index (χ2v) is 12.1. The summed E-state index contributed by atoms with van der Waals surface area (Å²) in [5, 5.41) is 3.48. The lowest BCUT2D eigenvalue weighted by Crippen LogP contribution is -2.52. The molecular formula is C30H36ClN3O4S. The number of carbonyl (C=O) groups excluding carboxylic acids is 2. The summed E-state index contributed by atoms with van der Waals surface area (Å²) >= 11 is 6.05. The van der Waals surface area contributed by atoms with E-state index in [0.717, 1.165) is 21.9 Å². The Labute approximate surface area is 236 Å². The first kappa shape index (κ1) is 30.2. The predicted molar refractivity (Wildman–Crippen MR) is 156 cm³/mol. The molecule has 208 valence electrons. The van der Waals surface area contributed by atoms with Gasteiger partial charge in [0.25, 0.3) is 10.0 Å². The number of halogens is 1. The van der Waals surface area contributed by atoms with Gasteiger partial charge in [0, 0.05) is 17.6 Å². The van der Waals surface area contributed by atoms with Crippen LogP contribution in [0, 0.1) is 13.8 Å². The molecule has 0 aliphatic carbocycles. The smallest absolute Gasteiger partial charge is 0.264 e. The van der Waals surface area contributed by atoms with Crippen molar-refractivity contribution in [3.05, 3.63) is 94.5 Å². The van der Waals surface area contributed by atoms with Crippen molar-refractivity contribution in [1.29, 1.82) is 0 Å². The van der Waals surface area contributed by atoms with Gasteiger partial charge in [0.05, 0.1) is 10.6 Å². The third kappa shape index (κ3) is 7.61. The van der Waals surface area contributed by atoms with Crippen LogP contribution in [0.15, 0.2) is 77.7 Å². The van der Waals surface area contributed by atoms with Crippen LogP contribution >= 0.6 is 11.6 Å². The number of nitrogens with one attached hydrogen (secondary N) is 1. The van der Waals surface area contributed by atoms with Gasteiger partial charge in [-0.1, -0.05) is 66.6 Å². The molecule has 0 saturated carbocycles. The molecule has 0 bridgehead atoms. The molecule has 9 heteroatoms. The van der Waals surface area contributed by atoms with Gasteiger partial charge in [0.1, 0.15) is 12.6 Å². The molecule has 0 fully saturated rings. The first-order valence-electron chi connectivity index (χ1n) is 12.9. The largest absolute Gasteiger partial charge is 0.352 e. The molecular weight excluding hydrogens is 534 g/mol. The molecule has 2 amide bonds. The SMILES string of the molecule is CC[C@@H](C)NC(=O)[C@H](C)N(Cc1ccc(Cl)cc1)C(=O)CN(c1ccc(C)cc1C)S(=O)(=O)c1ccccc1. The van der Waals surface area contributed by atoms with Crippen molar-refractivity contribution in [2.24, 2.45) is 0 Å². The van der Waals surface area contributed by atoms with Crippen molar-refractivity contribution in [3.8, 4) is 0 Å². The quantitative estimate of drug-likeness (QED) is 0.331. The summed E-state index contributed by atoms with van der Waals surface area (Å²) in [6.07, 6.45) is 0.736. The molecule has 3 aromatic carbocycles. The number of nitrogens with zero attached hydrogens (tertiary/aromatic N) is 2. The van der Waals surface area contributed by atoms with Crippen LogP contribution in [0.1, 0.15) is 43.9 Å². The van der Waals surface area contributed by atoms with Crippen molar-refractivity contribution < 1.29 is 18.0 Å². The molecule has 7 nitrogen and oxygen atoms in total. The second-order valence-electron chi connectivity index (χ2n) is 9.76. The van der Waals surface area contributed by atoms with E-state index in [1.54, 1.807) is 55.5 Å². The normalized spacial score (nSPS) is 12.9. The van der Waals surface area contributed by atoms with Crippen molar-refractivity contribution in [2.75, 3.05) is 10.8 Å². The Bertz CT molecular complexity index is 1400. The van der Waals surface area contributed by atoms with E-state index < -0.39 is 28.5 Å². The number of hydrogen-bond acceptors (Lipinski definition) is 4. The van der Waals surface area contributed by atoms with Crippen LogP contribution in [0.3, 0.4) is 0 Å². The fourth-order valence-electron chi connectivity index (χ4n) is 4.15. The van der Waals surface area contributed by atoms with Crippen LogP contribution < -0.4 is 9.62 Å². The number of rotatable bonds is 11. The lowest BCUT2D eigenvalue weighted by Gasteiger charge is -2.33. The van der Waals surface area contributed by atoms with Gasteiger partial charge in [-0.3, -0.25) is 13.9 Å². The van der Waals surface area contributed by atoms with Gasteiger partial charge in [0.15, 0.2) is 0 Å². The summed E-state index contributed by atoms with van der Waals surface area (Å²) in [6, 6.07) is 19.5. The minimum Gasteiger partial charge on any atom is -0.352 e. The predicted octanol–water partition coefficient (Wildman–Crippen LogP) is 5.48. The fourth-order valence-corrected chi connectivity index (χ4v) is 5.78. The Morgan fingerprint density at radius 3 is 2.18 bits per heavy atom. The van der Waals surface area contributed by atoms with Gasteiger partial charge >= 0.3 is 0 Å². The number of hydrogen-bond donors (Lipinski definition) is 1. The summed E-state index contributed by atoms with van der Waals surface area (Å²) in [6.45, 7) is 8.87. The van der Waals surface area contributed by atoms with Gasteiger partial charge in [-0.2, -0.15) is 0 Å². The standard InChI is InChI=1S/C30H36ClN3O4S/c1-6-23(4)32-30(36)24(5)33(19-25-13-15-26(31)16-14-25)29(35)20-34(28-17-12-21(2)18-22(28)3)39(37,38)27-10-8-7-9-11-27/h7-18,23-24H,6,19-20H2,1-5H3,(H,32,36)/t23-,24+/m1/s1. The Balaban J connectivity index is 2.04. The van der Waals surface area contributed by atoms with Gasteiger partial charge in [-0.05, 0) is 75.6 Å². The Morgan fingerprint density at radius 1 is 0.949 bits per heavy atom. The Morgan fingerprint density at radius 2 is 1.59 bits per heavy atom. The zero-order valence-corrected chi connectivity index (χ0v) is 24.6. The molecule has 39 heavy (non-hydrogen) atoms. The number of sulfonamides is 1. The van der Waals surface area contributed by atoms with Crippen LogP contribution in [0.2, 0.25) is 5.02 Å². The van der Waals surface area contributed by atoms with Crippen molar-refractivity contribution in [2.45, 2.75) is 64.6 Å². The number of aryl methyl sites for hydroxylation is 2. The molecule has 0 aromatic heterocycles. The van der Waals surface area contributed by atoms with E-state index in [0.29, 0.717) is 16.3 Å². The summed E-state index contributed by atoms with van der Waals surface area (Å²) in [7, 11) is -4.10. The first-order chi connectivity index (χ1) is 18.4. The van der Waals surface area contributed by atoms with Crippen molar-refractivity contribution in [3.63, 3.8) is 0 Å². The average Bonchev–Trinajstić information content (AvgIpc) is 2.91. The Kier molecular flexibility index (Phi) is 10.2. The maximum absolute atomic E-state index is 14.0. The number of anilines is 1. The van der Waals surface area contributed by atoms with Crippen LogP contribution in [0.5, 0.6) is 0 Å². The van der Waals surface area contributed by atoms with Crippen LogP contribution in [-0.2, 0) is 26.2 Å². The molecule has 0 heterocycles. The molecule has 0 aliphatic heterocycles. The molecule has 1 N–H and O–H groups in total. The van der Waals surface area contributed by atoms with E-state index in [-0.39, 0.29) is 23.4 Å². The zero-order valence-electron chi connectivity index (χ0n) is 23.0. The van der Waals surface area contributed by atoms with E-state index >= 15 is 0 Å².